The molecule has 2 aromatic rings. The first-order valence-corrected chi connectivity index (χ1v) is 13.1. The van der Waals surface area contributed by atoms with Crippen molar-refractivity contribution < 1.29 is 9.59 Å². The molecule has 6 heteroatoms. The molecule has 2 heterocycles. The highest BCUT2D eigenvalue weighted by Crippen LogP contribution is 2.30. The van der Waals surface area contributed by atoms with Crippen LogP contribution >= 0.6 is 0 Å². The zero-order valence-corrected chi connectivity index (χ0v) is 21.2. The van der Waals surface area contributed by atoms with E-state index in [2.05, 4.69) is 49.3 Å². The number of rotatable bonds is 6. The Labute approximate surface area is 203 Å². The van der Waals surface area contributed by atoms with E-state index in [-0.39, 0.29) is 30.7 Å². The van der Waals surface area contributed by atoms with Crippen LogP contribution in [0.15, 0.2) is 24.3 Å². The highest BCUT2D eigenvalue weighted by atomic mass is 16.2. The van der Waals surface area contributed by atoms with Gasteiger partial charge in [-0.15, -0.1) is 0 Å². The monoisotopic (exact) mass is 464 g/mol. The summed E-state index contributed by atoms with van der Waals surface area (Å²) in [6.07, 6.45) is 6.24. The van der Waals surface area contributed by atoms with Gasteiger partial charge in [0.25, 0.3) is 0 Å². The summed E-state index contributed by atoms with van der Waals surface area (Å²) in [6, 6.07) is 8.25. The van der Waals surface area contributed by atoms with Crippen molar-refractivity contribution in [3.05, 3.63) is 29.8 Å². The highest BCUT2D eigenvalue weighted by molar-refractivity contribution is 5.96. The van der Waals surface area contributed by atoms with E-state index in [1.54, 1.807) is 0 Å². The first kappa shape index (κ1) is 24.5. The zero-order valence-electron chi connectivity index (χ0n) is 21.2. The molecule has 1 saturated carbocycles. The first-order chi connectivity index (χ1) is 16.3. The van der Waals surface area contributed by atoms with Crippen LogP contribution in [-0.2, 0) is 9.59 Å². The van der Waals surface area contributed by atoms with Gasteiger partial charge in [-0.1, -0.05) is 33.6 Å². The Morgan fingerprint density at radius 2 is 1.74 bits per heavy atom. The molecular formula is C28H40N4O2. The number of pyridine rings is 1. The van der Waals surface area contributed by atoms with E-state index < -0.39 is 0 Å². The SMILES string of the molecule is Cc1cc(N2CCC(C)CC2)nc2ccc(NC(=O)CCC(=O)N[C@@H]3CCC[C@H](C)[C@@H]3C)cc12. The summed E-state index contributed by atoms with van der Waals surface area (Å²) in [4.78, 5) is 32.2. The van der Waals surface area contributed by atoms with Crippen LogP contribution in [0.1, 0.15) is 71.3 Å². The molecule has 2 amide bonds. The van der Waals surface area contributed by atoms with Crippen molar-refractivity contribution >= 4 is 34.2 Å². The molecule has 1 aliphatic heterocycles. The van der Waals surface area contributed by atoms with Crippen molar-refractivity contribution in [2.75, 3.05) is 23.3 Å². The van der Waals surface area contributed by atoms with Gasteiger partial charge in [0.1, 0.15) is 5.82 Å². The van der Waals surface area contributed by atoms with Crippen LogP contribution in [-0.4, -0.2) is 35.9 Å². The fraction of sp³-hybridized carbons (Fsp3) is 0.607. The van der Waals surface area contributed by atoms with Gasteiger partial charge in [0.2, 0.25) is 11.8 Å². The lowest BCUT2D eigenvalue weighted by Crippen LogP contribution is -2.43. The van der Waals surface area contributed by atoms with Gasteiger partial charge < -0.3 is 15.5 Å². The quantitative estimate of drug-likeness (QED) is 0.597. The molecule has 1 aliphatic carbocycles. The average Bonchev–Trinajstić information content (AvgIpc) is 2.81. The molecule has 1 saturated heterocycles. The van der Waals surface area contributed by atoms with Gasteiger partial charge in [-0.05, 0) is 73.8 Å². The predicted molar refractivity (Wildman–Crippen MR) is 139 cm³/mol. The van der Waals surface area contributed by atoms with Gasteiger partial charge in [-0.25, -0.2) is 4.98 Å². The smallest absolute Gasteiger partial charge is 0.224 e. The summed E-state index contributed by atoms with van der Waals surface area (Å²) in [6.45, 7) is 11.0. The number of carbonyl (C=O) groups is 2. The summed E-state index contributed by atoms with van der Waals surface area (Å²) in [5.74, 6) is 2.78. The van der Waals surface area contributed by atoms with Gasteiger partial charge in [-0.3, -0.25) is 9.59 Å². The summed E-state index contributed by atoms with van der Waals surface area (Å²) in [7, 11) is 0. The Kier molecular flexibility index (Phi) is 7.74. The minimum atomic E-state index is -0.135. The fourth-order valence-electron chi connectivity index (χ4n) is 5.37. The van der Waals surface area contributed by atoms with Crippen molar-refractivity contribution in [1.82, 2.24) is 10.3 Å². The van der Waals surface area contributed by atoms with Crippen molar-refractivity contribution in [2.45, 2.75) is 78.7 Å². The number of piperidine rings is 1. The summed E-state index contributed by atoms with van der Waals surface area (Å²) in [5, 5.41) is 7.16. The van der Waals surface area contributed by atoms with E-state index >= 15 is 0 Å². The number of nitrogens with one attached hydrogen (secondary N) is 2. The number of aryl methyl sites for hydroxylation is 1. The molecule has 1 aromatic heterocycles. The average molecular weight is 465 g/mol. The van der Waals surface area contributed by atoms with E-state index in [0.717, 1.165) is 59.8 Å². The third-order valence-corrected chi connectivity index (χ3v) is 8.03. The zero-order chi connectivity index (χ0) is 24.2. The normalized spacial score (nSPS) is 23.6. The summed E-state index contributed by atoms with van der Waals surface area (Å²) in [5.41, 5.74) is 2.85. The van der Waals surface area contributed by atoms with Crippen LogP contribution < -0.4 is 15.5 Å². The molecule has 1 aromatic carbocycles. The van der Waals surface area contributed by atoms with Gasteiger partial charge in [0.15, 0.2) is 0 Å². The van der Waals surface area contributed by atoms with Crippen molar-refractivity contribution in [3.63, 3.8) is 0 Å². The topological polar surface area (TPSA) is 74.3 Å². The third-order valence-electron chi connectivity index (χ3n) is 8.03. The van der Waals surface area contributed by atoms with Gasteiger partial charge >= 0.3 is 0 Å². The van der Waals surface area contributed by atoms with Crippen LogP contribution in [0.3, 0.4) is 0 Å². The van der Waals surface area contributed by atoms with Crippen LogP contribution in [0.4, 0.5) is 11.5 Å². The molecule has 184 valence electrons. The molecule has 34 heavy (non-hydrogen) atoms. The van der Waals surface area contributed by atoms with Crippen molar-refractivity contribution in [2.24, 2.45) is 17.8 Å². The number of aromatic nitrogens is 1. The van der Waals surface area contributed by atoms with Gasteiger partial charge in [0, 0.05) is 43.0 Å². The Bertz CT molecular complexity index is 1030. The Morgan fingerprint density at radius 1 is 1.00 bits per heavy atom. The molecule has 2 N–H and O–H groups in total. The maximum Gasteiger partial charge on any atom is 0.224 e. The van der Waals surface area contributed by atoms with E-state index in [1.165, 1.54) is 19.3 Å². The first-order valence-electron chi connectivity index (χ1n) is 13.1. The maximum absolute atomic E-state index is 12.5. The second-order valence-electron chi connectivity index (χ2n) is 10.7. The molecule has 0 bridgehead atoms. The lowest BCUT2D eigenvalue weighted by Gasteiger charge is -2.34. The number of nitrogens with zero attached hydrogens (tertiary/aromatic N) is 2. The summed E-state index contributed by atoms with van der Waals surface area (Å²) < 4.78 is 0. The molecule has 0 radical (unpaired) electrons. The van der Waals surface area contributed by atoms with Crippen molar-refractivity contribution in [1.29, 1.82) is 0 Å². The summed E-state index contributed by atoms with van der Waals surface area (Å²) >= 11 is 0. The van der Waals surface area contributed by atoms with Crippen LogP contribution in [0.25, 0.3) is 10.9 Å². The van der Waals surface area contributed by atoms with Gasteiger partial charge in [-0.2, -0.15) is 0 Å². The lowest BCUT2D eigenvalue weighted by atomic mass is 9.78. The highest BCUT2D eigenvalue weighted by Gasteiger charge is 2.28. The molecule has 0 unspecified atom stereocenters. The Balaban J connectivity index is 1.32. The fourth-order valence-corrected chi connectivity index (χ4v) is 5.37. The number of benzene rings is 1. The minimum absolute atomic E-state index is 0.0284. The van der Waals surface area contributed by atoms with Crippen LogP contribution in [0, 0.1) is 24.7 Å². The second kappa shape index (κ2) is 10.7. The number of carbonyl (C=O) groups excluding carboxylic acids is 2. The van der Waals surface area contributed by atoms with E-state index in [9.17, 15) is 9.59 Å². The standard InChI is InChI=1S/C28H40N4O2/c1-18-12-14-32(15-13-18)26-16-20(3)23-17-22(8-9-25(23)30-26)29-27(33)10-11-28(34)31-24-7-5-6-19(2)21(24)4/h8-9,16-19,21,24H,5-7,10-15H2,1-4H3,(H,29,33)(H,31,34)/t19-,21-,24+/m0/s1. The molecule has 6 nitrogen and oxygen atoms in total. The lowest BCUT2D eigenvalue weighted by molar-refractivity contribution is -0.125. The van der Waals surface area contributed by atoms with Crippen LogP contribution in [0.5, 0.6) is 0 Å². The molecule has 0 spiro atoms. The Morgan fingerprint density at radius 3 is 2.50 bits per heavy atom. The third kappa shape index (κ3) is 5.89. The van der Waals surface area contributed by atoms with E-state index in [0.29, 0.717) is 11.8 Å². The molecule has 4 rings (SSSR count). The van der Waals surface area contributed by atoms with Gasteiger partial charge in [0.05, 0.1) is 5.52 Å². The van der Waals surface area contributed by atoms with Crippen molar-refractivity contribution in [3.8, 4) is 0 Å². The molecular weight excluding hydrogens is 424 g/mol. The van der Waals surface area contributed by atoms with E-state index in [4.69, 9.17) is 4.98 Å². The number of fused-ring (bicyclic) bond motifs is 1. The molecule has 2 aliphatic rings. The number of anilines is 2. The van der Waals surface area contributed by atoms with Crippen LogP contribution in [0.2, 0.25) is 0 Å². The number of amides is 2. The molecule has 2 fully saturated rings. The number of hydrogen-bond acceptors (Lipinski definition) is 4. The van der Waals surface area contributed by atoms with E-state index in [1.807, 2.05) is 18.2 Å². The minimum Gasteiger partial charge on any atom is -0.357 e. The largest absolute Gasteiger partial charge is 0.357 e. The molecule has 3 atom stereocenters. The maximum atomic E-state index is 12.5. The predicted octanol–water partition coefficient (Wildman–Crippen LogP) is 5.44. The Hall–Kier alpha value is -2.63. The second-order valence-corrected chi connectivity index (χ2v) is 10.7. The number of hydrogen-bond donors (Lipinski definition) is 2.